The van der Waals surface area contributed by atoms with Crippen LogP contribution in [0.1, 0.15) is 11.6 Å². The molecule has 0 aliphatic carbocycles. The fourth-order valence-corrected chi connectivity index (χ4v) is 1.26. The highest BCUT2D eigenvalue weighted by Gasteiger charge is 2.26. The summed E-state index contributed by atoms with van der Waals surface area (Å²) in [6, 6.07) is 9.27. The first-order valence-electron chi connectivity index (χ1n) is 3.83. The van der Waals surface area contributed by atoms with Gasteiger partial charge in [-0.2, -0.15) is 0 Å². The average molecular weight is 163 g/mol. The predicted octanol–water partition coefficient (Wildman–Crippen LogP) is 0.832. The zero-order chi connectivity index (χ0) is 8.39. The van der Waals surface area contributed by atoms with Gasteiger partial charge < -0.3 is 4.74 Å². The molecule has 1 fully saturated rings. The van der Waals surface area contributed by atoms with E-state index >= 15 is 0 Å². The molecule has 0 aromatic heterocycles. The van der Waals surface area contributed by atoms with Gasteiger partial charge in [0.05, 0.1) is 0 Å². The Hall–Kier alpha value is -1.35. The maximum absolute atomic E-state index is 11.1. The van der Waals surface area contributed by atoms with E-state index in [-0.39, 0.29) is 12.0 Å². The predicted molar refractivity (Wildman–Crippen MR) is 43.3 cm³/mol. The molecule has 1 heterocycles. The molecule has 0 saturated carbocycles. The van der Waals surface area contributed by atoms with Crippen LogP contribution in [0.25, 0.3) is 0 Å². The summed E-state index contributed by atoms with van der Waals surface area (Å²) in [6.45, 7) is 0.318. The van der Waals surface area contributed by atoms with Crippen molar-refractivity contribution in [3.8, 4) is 0 Å². The van der Waals surface area contributed by atoms with Gasteiger partial charge >= 0.3 is 5.97 Å². The minimum atomic E-state index is -0.272. The van der Waals surface area contributed by atoms with Crippen molar-refractivity contribution < 1.29 is 9.53 Å². The fraction of sp³-hybridized carbons (Fsp3) is 0.222. The van der Waals surface area contributed by atoms with Gasteiger partial charge in [0.2, 0.25) is 0 Å². The number of hydrogen-bond acceptors (Lipinski definition) is 3. The first-order valence-corrected chi connectivity index (χ1v) is 3.83. The second kappa shape index (κ2) is 2.95. The highest BCUT2D eigenvalue weighted by molar-refractivity contribution is 5.79. The molecule has 1 aliphatic heterocycles. The van der Waals surface area contributed by atoms with Crippen LogP contribution in [-0.2, 0) is 9.53 Å². The monoisotopic (exact) mass is 163 g/mol. The van der Waals surface area contributed by atoms with Gasteiger partial charge in [-0.25, -0.2) is 4.79 Å². The van der Waals surface area contributed by atoms with Gasteiger partial charge in [0.1, 0.15) is 12.8 Å². The highest BCUT2D eigenvalue weighted by atomic mass is 16.6. The Morgan fingerprint density at radius 3 is 2.67 bits per heavy atom. The zero-order valence-corrected chi connectivity index (χ0v) is 6.49. The second-order valence-corrected chi connectivity index (χ2v) is 2.66. The number of carbonyl (C=O) groups excluding carboxylic acids is 1. The lowest BCUT2D eigenvalue weighted by Gasteiger charge is -2.04. The molecule has 1 saturated heterocycles. The van der Waals surface area contributed by atoms with Gasteiger partial charge in [-0.1, -0.05) is 30.3 Å². The summed E-state index contributed by atoms with van der Waals surface area (Å²) in [7, 11) is 0. The number of benzene rings is 1. The lowest BCUT2D eigenvalue weighted by molar-refractivity contribution is -0.139. The van der Waals surface area contributed by atoms with E-state index in [4.69, 9.17) is 4.74 Å². The zero-order valence-electron chi connectivity index (χ0n) is 6.49. The summed E-state index contributed by atoms with van der Waals surface area (Å²) in [6.07, 6.45) is 0. The van der Waals surface area contributed by atoms with Crippen molar-refractivity contribution in [3.63, 3.8) is 0 Å². The van der Waals surface area contributed by atoms with E-state index in [0.29, 0.717) is 6.73 Å². The molecule has 1 atom stereocenters. The van der Waals surface area contributed by atoms with Crippen molar-refractivity contribution in [2.45, 2.75) is 6.04 Å². The maximum Gasteiger partial charge on any atom is 0.329 e. The lowest BCUT2D eigenvalue weighted by Crippen LogP contribution is -2.17. The number of cyclic esters (lactones) is 1. The number of esters is 1. The summed E-state index contributed by atoms with van der Waals surface area (Å²) in [4.78, 5) is 11.1. The van der Waals surface area contributed by atoms with Crippen LogP contribution in [0, 0.1) is 0 Å². The molecule has 62 valence electrons. The van der Waals surface area contributed by atoms with E-state index in [9.17, 15) is 4.79 Å². The molecule has 1 aliphatic rings. The van der Waals surface area contributed by atoms with Gasteiger partial charge in [0.15, 0.2) is 0 Å². The first-order chi connectivity index (χ1) is 5.88. The molecule has 1 aromatic rings. The molecular formula is C9H9NO2. The number of rotatable bonds is 1. The molecule has 0 bridgehead atoms. The smallest absolute Gasteiger partial charge is 0.329 e. The van der Waals surface area contributed by atoms with Crippen LogP contribution in [0.3, 0.4) is 0 Å². The second-order valence-electron chi connectivity index (χ2n) is 2.66. The highest BCUT2D eigenvalue weighted by Crippen LogP contribution is 2.17. The van der Waals surface area contributed by atoms with Crippen molar-refractivity contribution in [2.24, 2.45) is 0 Å². The molecule has 1 aromatic carbocycles. The molecule has 1 N–H and O–H groups in total. The average Bonchev–Trinajstić information content (AvgIpc) is 2.53. The van der Waals surface area contributed by atoms with Crippen LogP contribution >= 0.6 is 0 Å². The molecule has 1 unspecified atom stereocenters. The molecular weight excluding hydrogens is 154 g/mol. The molecule has 3 heteroatoms. The lowest BCUT2D eigenvalue weighted by atomic mass is 10.1. The van der Waals surface area contributed by atoms with Gasteiger partial charge in [-0.3, -0.25) is 5.32 Å². The fourth-order valence-electron chi connectivity index (χ4n) is 1.26. The number of nitrogens with one attached hydrogen (secondary N) is 1. The van der Waals surface area contributed by atoms with Crippen LogP contribution in [0.15, 0.2) is 30.3 Å². The van der Waals surface area contributed by atoms with Crippen molar-refractivity contribution in [3.05, 3.63) is 35.9 Å². The van der Waals surface area contributed by atoms with E-state index in [1.54, 1.807) is 0 Å². The quantitative estimate of drug-likeness (QED) is 0.623. The largest absolute Gasteiger partial charge is 0.448 e. The minimum Gasteiger partial charge on any atom is -0.448 e. The Morgan fingerprint density at radius 1 is 1.33 bits per heavy atom. The first kappa shape index (κ1) is 7.31. The summed E-state index contributed by atoms with van der Waals surface area (Å²) in [5.74, 6) is -0.193. The van der Waals surface area contributed by atoms with Crippen LogP contribution < -0.4 is 5.32 Å². The Labute approximate surface area is 70.3 Å². The van der Waals surface area contributed by atoms with E-state index in [0.717, 1.165) is 5.56 Å². The van der Waals surface area contributed by atoms with Crippen molar-refractivity contribution in [2.75, 3.05) is 6.73 Å². The summed E-state index contributed by atoms with van der Waals surface area (Å²) in [5, 5.41) is 2.95. The number of carbonyl (C=O) groups is 1. The molecule has 0 radical (unpaired) electrons. The molecule has 0 amide bonds. The maximum atomic E-state index is 11.1. The van der Waals surface area contributed by atoms with E-state index in [1.807, 2.05) is 30.3 Å². The van der Waals surface area contributed by atoms with Crippen molar-refractivity contribution in [1.29, 1.82) is 0 Å². The van der Waals surface area contributed by atoms with Crippen LogP contribution in [0.2, 0.25) is 0 Å². The van der Waals surface area contributed by atoms with Gasteiger partial charge in [0, 0.05) is 0 Å². The standard InChI is InChI=1S/C9H9NO2/c11-9-8(10-6-12-9)7-4-2-1-3-5-7/h1-5,8,10H,6H2. The van der Waals surface area contributed by atoms with Crippen LogP contribution in [0.4, 0.5) is 0 Å². The Bertz CT molecular complexity index is 284. The van der Waals surface area contributed by atoms with Gasteiger partial charge in [0.25, 0.3) is 0 Å². The molecule has 0 spiro atoms. The molecule has 3 nitrogen and oxygen atoms in total. The van der Waals surface area contributed by atoms with Crippen molar-refractivity contribution in [1.82, 2.24) is 5.32 Å². The normalized spacial score (nSPS) is 22.3. The van der Waals surface area contributed by atoms with Gasteiger partial charge in [-0.15, -0.1) is 0 Å². The third-order valence-electron chi connectivity index (χ3n) is 1.87. The third-order valence-corrected chi connectivity index (χ3v) is 1.87. The number of ether oxygens (including phenoxy) is 1. The minimum absolute atomic E-state index is 0.193. The van der Waals surface area contributed by atoms with Crippen LogP contribution in [-0.4, -0.2) is 12.7 Å². The topological polar surface area (TPSA) is 38.3 Å². The van der Waals surface area contributed by atoms with E-state index in [1.165, 1.54) is 0 Å². The van der Waals surface area contributed by atoms with E-state index < -0.39 is 0 Å². The summed E-state index contributed by atoms with van der Waals surface area (Å²) < 4.78 is 4.77. The summed E-state index contributed by atoms with van der Waals surface area (Å²) in [5.41, 5.74) is 0.958. The van der Waals surface area contributed by atoms with Crippen LogP contribution in [0.5, 0.6) is 0 Å². The Kier molecular flexibility index (Phi) is 1.80. The Morgan fingerprint density at radius 2 is 2.08 bits per heavy atom. The Balaban J connectivity index is 2.25. The van der Waals surface area contributed by atoms with Gasteiger partial charge in [-0.05, 0) is 5.56 Å². The SMILES string of the molecule is O=C1OCNC1c1ccccc1. The third kappa shape index (κ3) is 1.19. The number of hydrogen-bond donors (Lipinski definition) is 1. The summed E-state index contributed by atoms with van der Waals surface area (Å²) >= 11 is 0. The van der Waals surface area contributed by atoms with E-state index in [2.05, 4.69) is 5.32 Å². The molecule has 2 rings (SSSR count). The molecule has 12 heavy (non-hydrogen) atoms. The van der Waals surface area contributed by atoms with Crippen molar-refractivity contribution >= 4 is 5.97 Å².